The molecule has 1 amide bonds. The largest absolute Gasteiger partial charge is 0.374 e. The van der Waals surface area contributed by atoms with Gasteiger partial charge in [-0.05, 0) is 37.2 Å². The van der Waals surface area contributed by atoms with Crippen molar-refractivity contribution >= 4 is 5.91 Å². The van der Waals surface area contributed by atoms with E-state index in [1.54, 1.807) is 6.07 Å². The maximum absolute atomic E-state index is 13.4. The molecule has 0 radical (unpaired) electrons. The standard InChI is InChI=1S/C16H24FN3O2/c1-12-3-4-14(17)7-13(12)8-20(11-16(18)21)10-15-9-19(2)5-6-22-15/h3-4,7,15H,5-6,8-11H2,1-2H3,(H2,18,21). The van der Waals surface area contributed by atoms with Crippen LogP contribution in [-0.4, -0.2) is 61.6 Å². The number of likely N-dealkylation sites (N-methyl/N-ethyl adjacent to an activating group) is 1. The molecule has 0 bridgehead atoms. The Morgan fingerprint density at radius 1 is 1.55 bits per heavy atom. The first-order valence-electron chi connectivity index (χ1n) is 7.50. The van der Waals surface area contributed by atoms with E-state index in [-0.39, 0.29) is 18.5 Å². The average molecular weight is 309 g/mol. The second-order valence-corrected chi connectivity index (χ2v) is 5.96. The number of hydrogen-bond acceptors (Lipinski definition) is 4. The Hall–Kier alpha value is -1.50. The third-order valence-electron chi connectivity index (χ3n) is 3.89. The minimum absolute atomic E-state index is 0.0342. The minimum atomic E-state index is -0.391. The summed E-state index contributed by atoms with van der Waals surface area (Å²) in [5.74, 6) is -0.661. The van der Waals surface area contributed by atoms with E-state index in [9.17, 15) is 9.18 Å². The molecule has 0 aliphatic carbocycles. The molecule has 122 valence electrons. The lowest BCUT2D eigenvalue weighted by molar-refractivity contribution is -0.120. The lowest BCUT2D eigenvalue weighted by atomic mass is 10.1. The molecular formula is C16H24FN3O2. The van der Waals surface area contributed by atoms with E-state index in [1.165, 1.54) is 12.1 Å². The number of morpholine rings is 1. The molecule has 0 aromatic heterocycles. The van der Waals surface area contributed by atoms with Crippen LogP contribution in [0.25, 0.3) is 0 Å². The zero-order valence-corrected chi connectivity index (χ0v) is 13.2. The molecule has 1 unspecified atom stereocenters. The predicted molar refractivity (Wildman–Crippen MR) is 82.8 cm³/mol. The van der Waals surface area contributed by atoms with Gasteiger partial charge in [0.1, 0.15) is 5.82 Å². The number of primary amides is 1. The highest BCUT2D eigenvalue weighted by atomic mass is 19.1. The van der Waals surface area contributed by atoms with Crippen molar-refractivity contribution in [2.75, 3.05) is 39.8 Å². The first-order chi connectivity index (χ1) is 10.4. The highest BCUT2D eigenvalue weighted by Gasteiger charge is 2.22. The van der Waals surface area contributed by atoms with E-state index in [0.717, 1.165) is 24.2 Å². The van der Waals surface area contributed by atoms with Crippen LogP contribution in [0.3, 0.4) is 0 Å². The van der Waals surface area contributed by atoms with Crippen molar-refractivity contribution in [3.05, 3.63) is 35.1 Å². The molecule has 1 aromatic rings. The highest BCUT2D eigenvalue weighted by Crippen LogP contribution is 2.14. The predicted octanol–water partition coefficient (Wildman–Crippen LogP) is 0.752. The van der Waals surface area contributed by atoms with Crippen molar-refractivity contribution in [3.63, 3.8) is 0 Å². The number of hydrogen-bond donors (Lipinski definition) is 1. The topological polar surface area (TPSA) is 58.8 Å². The Labute approximate surface area is 130 Å². The fourth-order valence-corrected chi connectivity index (χ4v) is 2.72. The van der Waals surface area contributed by atoms with Crippen LogP contribution in [0.4, 0.5) is 4.39 Å². The SMILES string of the molecule is Cc1ccc(F)cc1CN(CC(N)=O)CC1CN(C)CCO1. The summed E-state index contributed by atoms with van der Waals surface area (Å²) in [6.45, 7) is 5.57. The van der Waals surface area contributed by atoms with Gasteiger partial charge in [0.25, 0.3) is 0 Å². The summed E-state index contributed by atoms with van der Waals surface area (Å²) in [7, 11) is 2.05. The van der Waals surface area contributed by atoms with Crippen molar-refractivity contribution in [1.82, 2.24) is 9.80 Å². The molecule has 1 aliphatic rings. The fraction of sp³-hybridized carbons (Fsp3) is 0.562. The number of halogens is 1. The molecule has 1 atom stereocenters. The number of carbonyl (C=O) groups excluding carboxylic acids is 1. The van der Waals surface area contributed by atoms with Gasteiger partial charge in [-0.3, -0.25) is 9.69 Å². The summed E-state index contributed by atoms with van der Waals surface area (Å²) in [6.07, 6.45) is 0.0342. The molecule has 2 N–H and O–H groups in total. The number of benzene rings is 1. The maximum Gasteiger partial charge on any atom is 0.231 e. The van der Waals surface area contributed by atoms with Gasteiger partial charge >= 0.3 is 0 Å². The molecule has 1 fully saturated rings. The third-order valence-corrected chi connectivity index (χ3v) is 3.89. The van der Waals surface area contributed by atoms with Gasteiger partial charge in [-0.15, -0.1) is 0 Å². The number of nitrogens with zero attached hydrogens (tertiary/aromatic N) is 2. The van der Waals surface area contributed by atoms with Crippen molar-refractivity contribution < 1.29 is 13.9 Å². The van der Waals surface area contributed by atoms with E-state index in [0.29, 0.717) is 19.7 Å². The molecule has 22 heavy (non-hydrogen) atoms. The molecule has 1 aromatic carbocycles. The molecule has 5 nitrogen and oxygen atoms in total. The zero-order valence-electron chi connectivity index (χ0n) is 13.2. The van der Waals surface area contributed by atoms with E-state index >= 15 is 0 Å². The van der Waals surface area contributed by atoms with Gasteiger partial charge < -0.3 is 15.4 Å². The summed E-state index contributed by atoms with van der Waals surface area (Å²) >= 11 is 0. The van der Waals surface area contributed by atoms with Gasteiger partial charge in [-0.25, -0.2) is 4.39 Å². The molecule has 1 aliphatic heterocycles. The Kier molecular flexibility index (Phi) is 5.88. The number of carbonyl (C=O) groups is 1. The van der Waals surface area contributed by atoms with Crippen LogP contribution in [0.5, 0.6) is 0 Å². The Morgan fingerprint density at radius 3 is 3.00 bits per heavy atom. The van der Waals surface area contributed by atoms with E-state index in [2.05, 4.69) is 4.90 Å². The summed E-state index contributed by atoms with van der Waals surface area (Å²) < 4.78 is 19.2. The first-order valence-corrected chi connectivity index (χ1v) is 7.50. The van der Waals surface area contributed by atoms with Gasteiger partial charge in [-0.1, -0.05) is 6.07 Å². The van der Waals surface area contributed by atoms with Gasteiger partial charge in [-0.2, -0.15) is 0 Å². The summed E-state index contributed by atoms with van der Waals surface area (Å²) in [4.78, 5) is 15.4. The van der Waals surface area contributed by atoms with Crippen molar-refractivity contribution in [1.29, 1.82) is 0 Å². The highest BCUT2D eigenvalue weighted by molar-refractivity contribution is 5.75. The number of rotatable bonds is 6. The number of aryl methyl sites for hydroxylation is 1. The van der Waals surface area contributed by atoms with E-state index < -0.39 is 5.91 Å². The number of ether oxygens (including phenoxy) is 1. The second kappa shape index (κ2) is 7.67. The molecule has 1 heterocycles. The molecule has 0 spiro atoms. The van der Waals surface area contributed by atoms with E-state index in [4.69, 9.17) is 10.5 Å². The quantitative estimate of drug-likeness (QED) is 0.842. The first kappa shape index (κ1) is 16.9. The molecule has 1 saturated heterocycles. The number of amides is 1. The lowest BCUT2D eigenvalue weighted by Crippen LogP contribution is -2.47. The van der Waals surface area contributed by atoms with Crippen LogP contribution in [0.1, 0.15) is 11.1 Å². The molecule has 6 heteroatoms. The van der Waals surface area contributed by atoms with Crippen LogP contribution in [0.2, 0.25) is 0 Å². The van der Waals surface area contributed by atoms with Gasteiger partial charge in [0.05, 0.1) is 19.3 Å². The Balaban J connectivity index is 2.05. The summed E-state index contributed by atoms with van der Waals surface area (Å²) in [5.41, 5.74) is 7.21. The van der Waals surface area contributed by atoms with Crippen LogP contribution in [0.15, 0.2) is 18.2 Å². The van der Waals surface area contributed by atoms with Crippen molar-refractivity contribution in [2.45, 2.75) is 19.6 Å². The minimum Gasteiger partial charge on any atom is -0.374 e. The number of nitrogens with two attached hydrogens (primary N) is 1. The van der Waals surface area contributed by atoms with Gasteiger partial charge in [0.2, 0.25) is 5.91 Å². The summed E-state index contributed by atoms with van der Waals surface area (Å²) in [5, 5.41) is 0. The third kappa shape index (κ3) is 5.05. The molecule has 0 saturated carbocycles. The van der Waals surface area contributed by atoms with Crippen LogP contribution in [0, 0.1) is 12.7 Å². The molecule has 2 rings (SSSR count). The van der Waals surface area contributed by atoms with Crippen molar-refractivity contribution in [2.24, 2.45) is 5.73 Å². The Bertz CT molecular complexity index is 524. The average Bonchev–Trinajstić information content (AvgIpc) is 2.42. The second-order valence-electron chi connectivity index (χ2n) is 5.96. The maximum atomic E-state index is 13.4. The van der Waals surface area contributed by atoms with Crippen LogP contribution < -0.4 is 5.73 Å². The normalized spacial score (nSPS) is 19.5. The van der Waals surface area contributed by atoms with Crippen LogP contribution in [-0.2, 0) is 16.1 Å². The monoisotopic (exact) mass is 309 g/mol. The van der Waals surface area contributed by atoms with Gasteiger partial charge in [0.15, 0.2) is 0 Å². The molecular weight excluding hydrogens is 285 g/mol. The fourth-order valence-electron chi connectivity index (χ4n) is 2.72. The van der Waals surface area contributed by atoms with Gasteiger partial charge in [0, 0.05) is 26.2 Å². The van der Waals surface area contributed by atoms with Crippen LogP contribution >= 0.6 is 0 Å². The zero-order chi connectivity index (χ0) is 16.1. The lowest BCUT2D eigenvalue weighted by Gasteiger charge is -2.33. The summed E-state index contributed by atoms with van der Waals surface area (Å²) in [6, 6.07) is 4.70. The van der Waals surface area contributed by atoms with E-state index in [1.807, 2.05) is 18.9 Å². The smallest absolute Gasteiger partial charge is 0.231 e. The van der Waals surface area contributed by atoms with Crippen molar-refractivity contribution in [3.8, 4) is 0 Å². The Morgan fingerprint density at radius 2 is 2.32 bits per heavy atom.